The molecule has 1 rings (SSSR count). The molecule has 0 amide bonds. The van der Waals surface area contributed by atoms with E-state index in [0.717, 1.165) is 15.9 Å². The number of hydrogen-bond acceptors (Lipinski definition) is 3. The van der Waals surface area contributed by atoms with Crippen LogP contribution in [0.1, 0.15) is 20.3 Å². The molecule has 2 nitrogen and oxygen atoms in total. The summed E-state index contributed by atoms with van der Waals surface area (Å²) in [4.78, 5) is 4.22. The largest absolute Gasteiger partial charge is 0.389 e. The van der Waals surface area contributed by atoms with Gasteiger partial charge in [-0.05, 0) is 41.4 Å². The Bertz CT molecular complexity index is 304. The summed E-state index contributed by atoms with van der Waals surface area (Å²) in [6.45, 7) is 3.82. The Balaban J connectivity index is 2.58. The van der Waals surface area contributed by atoms with E-state index in [9.17, 15) is 5.11 Å². The molecule has 0 spiro atoms. The van der Waals surface area contributed by atoms with E-state index in [0.29, 0.717) is 5.75 Å². The van der Waals surface area contributed by atoms with Crippen molar-refractivity contribution in [2.24, 2.45) is 0 Å². The highest BCUT2D eigenvalue weighted by Gasteiger charge is 2.18. The van der Waals surface area contributed by atoms with Crippen LogP contribution in [0.2, 0.25) is 0 Å². The van der Waals surface area contributed by atoms with E-state index in [1.807, 2.05) is 26.0 Å². The van der Waals surface area contributed by atoms with Crippen LogP contribution in [0.25, 0.3) is 0 Å². The highest BCUT2D eigenvalue weighted by Crippen LogP contribution is 2.28. The van der Waals surface area contributed by atoms with Crippen molar-refractivity contribution in [3.63, 3.8) is 0 Å². The van der Waals surface area contributed by atoms with Gasteiger partial charge in [0.25, 0.3) is 0 Å². The number of halogens is 1. The van der Waals surface area contributed by atoms with Crippen molar-refractivity contribution in [2.75, 3.05) is 5.75 Å². The van der Waals surface area contributed by atoms with E-state index in [1.54, 1.807) is 18.0 Å². The van der Waals surface area contributed by atoms with Gasteiger partial charge in [-0.2, -0.15) is 0 Å². The average molecular weight is 276 g/mol. The van der Waals surface area contributed by atoms with Gasteiger partial charge in [0.05, 0.1) is 5.60 Å². The molecule has 1 aromatic rings. The van der Waals surface area contributed by atoms with E-state index in [2.05, 4.69) is 20.9 Å². The minimum absolute atomic E-state index is 0.609. The summed E-state index contributed by atoms with van der Waals surface area (Å²) in [5, 5.41) is 10.7. The molecule has 0 aliphatic heterocycles. The maximum absolute atomic E-state index is 9.81. The number of aliphatic hydroxyl groups is 1. The lowest BCUT2D eigenvalue weighted by Gasteiger charge is -2.20. The Kier molecular flexibility index (Phi) is 4.41. The number of nitrogens with zero attached hydrogens (tertiary/aromatic N) is 1. The molecule has 1 aromatic heterocycles. The molecule has 0 aromatic carbocycles. The summed E-state index contributed by atoms with van der Waals surface area (Å²) in [6.07, 6.45) is 2.51. The number of hydrogen-bond donors (Lipinski definition) is 1. The first-order valence-electron chi connectivity index (χ1n) is 4.51. The molecule has 0 aliphatic carbocycles. The summed E-state index contributed by atoms with van der Waals surface area (Å²) in [5.41, 5.74) is -0.609. The lowest BCUT2D eigenvalue weighted by atomic mass is 10.1. The van der Waals surface area contributed by atoms with Gasteiger partial charge in [0.1, 0.15) is 5.03 Å². The van der Waals surface area contributed by atoms with Gasteiger partial charge < -0.3 is 5.11 Å². The van der Waals surface area contributed by atoms with Gasteiger partial charge in [-0.25, -0.2) is 4.98 Å². The van der Waals surface area contributed by atoms with E-state index in [-0.39, 0.29) is 0 Å². The van der Waals surface area contributed by atoms with Crippen LogP contribution in [0, 0.1) is 0 Å². The second-order valence-electron chi connectivity index (χ2n) is 3.43. The first-order chi connectivity index (χ1) is 6.55. The monoisotopic (exact) mass is 275 g/mol. The van der Waals surface area contributed by atoms with Crippen LogP contribution in [0.15, 0.2) is 27.8 Å². The molecule has 4 heteroatoms. The third kappa shape index (κ3) is 3.59. The van der Waals surface area contributed by atoms with Gasteiger partial charge in [0.15, 0.2) is 0 Å². The summed E-state index contributed by atoms with van der Waals surface area (Å²) in [7, 11) is 0. The number of rotatable bonds is 4. The molecule has 1 atom stereocenters. The zero-order valence-electron chi connectivity index (χ0n) is 8.33. The summed E-state index contributed by atoms with van der Waals surface area (Å²) >= 11 is 4.99. The molecular weight excluding hydrogens is 262 g/mol. The van der Waals surface area contributed by atoms with Crippen molar-refractivity contribution < 1.29 is 5.11 Å². The summed E-state index contributed by atoms with van der Waals surface area (Å²) < 4.78 is 0.983. The van der Waals surface area contributed by atoms with Crippen molar-refractivity contribution >= 4 is 27.7 Å². The zero-order valence-corrected chi connectivity index (χ0v) is 10.7. The van der Waals surface area contributed by atoms with Crippen molar-refractivity contribution in [3.05, 3.63) is 22.8 Å². The van der Waals surface area contributed by atoms with Gasteiger partial charge in [-0.3, -0.25) is 0 Å². The Morgan fingerprint density at radius 3 is 2.93 bits per heavy atom. The molecule has 1 unspecified atom stereocenters. The van der Waals surface area contributed by atoms with Crippen LogP contribution < -0.4 is 0 Å². The minimum Gasteiger partial charge on any atom is -0.389 e. The molecule has 78 valence electrons. The summed E-state index contributed by atoms with van der Waals surface area (Å²) in [6, 6.07) is 3.84. The lowest BCUT2D eigenvalue weighted by Crippen LogP contribution is -2.25. The number of pyridine rings is 1. The summed E-state index contributed by atoms with van der Waals surface area (Å²) in [5.74, 6) is 0.666. The smallest absolute Gasteiger partial charge is 0.110 e. The van der Waals surface area contributed by atoms with Gasteiger partial charge in [0, 0.05) is 16.4 Å². The fraction of sp³-hybridized carbons (Fsp3) is 0.500. The van der Waals surface area contributed by atoms with E-state index in [1.165, 1.54) is 0 Å². The first kappa shape index (κ1) is 12.0. The standard InChI is InChI=1S/C10H14BrNOS/c1-3-10(2,13)7-14-9-8(11)5-4-6-12-9/h4-6,13H,3,7H2,1-2H3. The fourth-order valence-corrected chi connectivity index (χ4v) is 2.39. The molecule has 0 saturated heterocycles. The van der Waals surface area contributed by atoms with Crippen molar-refractivity contribution in [1.29, 1.82) is 0 Å². The van der Waals surface area contributed by atoms with Crippen LogP contribution >= 0.6 is 27.7 Å². The zero-order chi connectivity index (χ0) is 10.6. The molecule has 1 N–H and O–H groups in total. The van der Waals surface area contributed by atoms with Crippen molar-refractivity contribution in [3.8, 4) is 0 Å². The molecular formula is C10H14BrNOS. The molecule has 14 heavy (non-hydrogen) atoms. The van der Waals surface area contributed by atoms with Crippen LogP contribution in [0.5, 0.6) is 0 Å². The SMILES string of the molecule is CCC(C)(O)CSc1ncccc1Br. The Morgan fingerprint density at radius 1 is 1.64 bits per heavy atom. The molecule has 0 saturated carbocycles. The van der Waals surface area contributed by atoms with Crippen LogP contribution in [0.3, 0.4) is 0 Å². The first-order valence-corrected chi connectivity index (χ1v) is 6.29. The fourth-order valence-electron chi connectivity index (χ4n) is 0.803. The number of thioether (sulfide) groups is 1. The Morgan fingerprint density at radius 2 is 2.36 bits per heavy atom. The lowest BCUT2D eigenvalue weighted by molar-refractivity contribution is 0.0815. The normalized spacial score (nSPS) is 15.1. The van der Waals surface area contributed by atoms with Crippen molar-refractivity contribution in [2.45, 2.75) is 30.9 Å². The quantitative estimate of drug-likeness (QED) is 0.858. The Hall–Kier alpha value is -0.0600. The molecule has 1 heterocycles. The third-order valence-electron chi connectivity index (χ3n) is 2.01. The maximum atomic E-state index is 9.81. The third-order valence-corrected chi connectivity index (χ3v) is 4.27. The van der Waals surface area contributed by atoms with Gasteiger partial charge in [-0.1, -0.05) is 6.92 Å². The van der Waals surface area contributed by atoms with Gasteiger partial charge >= 0.3 is 0 Å². The van der Waals surface area contributed by atoms with E-state index in [4.69, 9.17) is 0 Å². The Labute approximate surface area is 97.3 Å². The maximum Gasteiger partial charge on any atom is 0.110 e. The minimum atomic E-state index is -0.609. The second kappa shape index (κ2) is 5.14. The topological polar surface area (TPSA) is 33.1 Å². The average Bonchev–Trinajstić information content (AvgIpc) is 2.17. The number of aromatic nitrogens is 1. The van der Waals surface area contributed by atoms with Crippen molar-refractivity contribution in [1.82, 2.24) is 4.98 Å². The predicted octanol–water partition coefficient (Wildman–Crippen LogP) is 3.10. The molecule has 0 aliphatic rings. The van der Waals surface area contributed by atoms with Gasteiger partial charge in [-0.15, -0.1) is 11.8 Å². The molecule has 0 radical (unpaired) electrons. The van der Waals surface area contributed by atoms with Crippen LogP contribution in [-0.4, -0.2) is 21.4 Å². The highest BCUT2D eigenvalue weighted by molar-refractivity contribution is 9.10. The van der Waals surface area contributed by atoms with Crippen LogP contribution in [0.4, 0.5) is 0 Å². The van der Waals surface area contributed by atoms with Gasteiger partial charge in [0.2, 0.25) is 0 Å². The van der Waals surface area contributed by atoms with Crippen LogP contribution in [-0.2, 0) is 0 Å². The second-order valence-corrected chi connectivity index (χ2v) is 5.25. The predicted molar refractivity (Wildman–Crippen MR) is 63.6 cm³/mol. The molecule has 0 bridgehead atoms. The highest BCUT2D eigenvalue weighted by atomic mass is 79.9. The van der Waals surface area contributed by atoms with E-state index >= 15 is 0 Å². The van der Waals surface area contributed by atoms with E-state index < -0.39 is 5.60 Å². The molecule has 0 fully saturated rings.